The van der Waals surface area contributed by atoms with Crippen molar-refractivity contribution in [3.05, 3.63) is 46.1 Å². The molecule has 1 aliphatic carbocycles. The van der Waals surface area contributed by atoms with Crippen LogP contribution >= 0.6 is 11.3 Å². The number of carbonyl (C=O) groups excluding carboxylic acids is 1. The van der Waals surface area contributed by atoms with E-state index in [-0.39, 0.29) is 13.2 Å². The van der Waals surface area contributed by atoms with Crippen molar-refractivity contribution in [1.82, 2.24) is 9.97 Å². The highest BCUT2D eigenvalue weighted by atomic mass is 32.1. The van der Waals surface area contributed by atoms with Crippen molar-refractivity contribution in [3.63, 3.8) is 0 Å². The Balaban J connectivity index is 1.41. The van der Waals surface area contributed by atoms with E-state index in [1.807, 2.05) is 6.07 Å². The fourth-order valence-electron chi connectivity index (χ4n) is 3.84. The van der Waals surface area contributed by atoms with Crippen molar-refractivity contribution in [1.29, 1.82) is 5.26 Å². The van der Waals surface area contributed by atoms with E-state index >= 15 is 0 Å². The standard InChI is InChI=1S/C24H24N4O4S/c1-30-18-13-15(7-9-17(18)31-12-11-25)8-10-21(29)32-14-20-27-23(26)22-16-5-3-2-4-6-19(16)33-24(22)28-20/h7-10,13H,2-6,12,14H2,1H3,(H2,26,27,28)/b10-8+. The van der Waals surface area contributed by atoms with E-state index in [0.29, 0.717) is 23.1 Å². The first kappa shape index (κ1) is 22.6. The smallest absolute Gasteiger partial charge is 0.331 e. The number of benzene rings is 1. The molecule has 0 bridgehead atoms. The number of hydrogen-bond donors (Lipinski definition) is 1. The van der Waals surface area contributed by atoms with Gasteiger partial charge in [0.1, 0.15) is 16.7 Å². The topological polar surface area (TPSA) is 120 Å². The molecule has 0 amide bonds. The second kappa shape index (κ2) is 10.3. The van der Waals surface area contributed by atoms with Crippen LogP contribution in [0.15, 0.2) is 24.3 Å². The summed E-state index contributed by atoms with van der Waals surface area (Å²) in [5.74, 6) is 1.23. The van der Waals surface area contributed by atoms with Crippen LogP contribution in [-0.2, 0) is 29.0 Å². The van der Waals surface area contributed by atoms with Gasteiger partial charge in [0.25, 0.3) is 0 Å². The highest BCUT2D eigenvalue weighted by molar-refractivity contribution is 7.19. The van der Waals surface area contributed by atoms with Gasteiger partial charge in [-0.3, -0.25) is 0 Å². The van der Waals surface area contributed by atoms with Crippen LogP contribution in [0.3, 0.4) is 0 Å². The number of ether oxygens (including phenoxy) is 3. The summed E-state index contributed by atoms with van der Waals surface area (Å²) in [7, 11) is 1.50. The van der Waals surface area contributed by atoms with Gasteiger partial charge >= 0.3 is 5.97 Å². The summed E-state index contributed by atoms with van der Waals surface area (Å²) in [4.78, 5) is 23.4. The molecule has 9 heteroatoms. The van der Waals surface area contributed by atoms with Gasteiger partial charge in [0.05, 0.1) is 12.5 Å². The van der Waals surface area contributed by atoms with Crippen LogP contribution in [-0.4, -0.2) is 29.7 Å². The molecule has 0 atom stereocenters. The van der Waals surface area contributed by atoms with Gasteiger partial charge in [-0.05, 0) is 55.0 Å². The molecule has 0 radical (unpaired) electrons. The highest BCUT2D eigenvalue weighted by Crippen LogP contribution is 2.37. The molecule has 33 heavy (non-hydrogen) atoms. The van der Waals surface area contributed by atoms with Crippen molar-refractivity contribution < 1.29 is 19.0 Å². The zero-order valence-corrected chi connectivity index (χ0v) is 19.1. The fraction of sp³-hybridized carbons (Fsp3) is 0.333. The number of methoxy groups -OCH3 is 1. The van der Waals surface area contributed by atoms with Gasteiger partial charge in [0, 0.05) is 11.0 Å². The predicted molar refractivity (Wildman–Crippen MR) is 126 cm³/mol. The van der Waals surface area contributed by atoms with Gasteiger partial charge in [-0.15, -0.1) is 11.3 Å². The summed E-state index contributed by atoms with van der Waals surface area (Å²) >= 11 is 1.67. The second-order valence-corrected chi connectivity index (χ2v) is 8.65. The number of nitrogens with two attached hydrogens (primary N) is 1. The lowest BCUT2D eigenvalue weighted by atomic mass is 10.1. The van der Waals surface area contributed by atoms with Gasteiger partial charge in [-0.1, -0.05) is 12.5 Å². The number of anilines is 1. The number of aryl methyl sites for hydroxylation is 2. The zero-order valence-electron chi connectivity index (χ0n) is 18.3. The molecule has 1 aromatic carbocycles. The van der Waals surface area contributed by atoms with Crippen LogP contribution < -0.4 is 15.2 Å². The number of nitrogen functional groups attached to an aromatic ring is 1. The molecule has 1 aliphatic rings. The van der Waals surface area contributed by atoms with Gasteiger partial charge in [0.2, 0.25) is 0 Å². The molecule has 8 nitrogen and oxygen atoms in total. The zero-order chi connectivity index (χ0) is 23.2. The number of rotatable bonds is 7. The molecule has 0 unspecified atom stereocenters. The molecule has 0 saturated carbocycles. The number of fused-ring (bicyclic) bond motifs is 3. The third-order valence-corrected chi connectivity index (χ3v) is 6.56. The van der Waals surface area contributed by atoms with E-state index in [2.05, 4.69) is 9.97 Å². The number of carbonyl (C=O) groups is 1. The Morgan fingerprint density at radius 1 is 1.24 bits per heavy atom. The Kier molecular flexibility index (Phi) is 7.05. The second-order valence-electron chi connectivity index (χ2n) is 7.57. The average Bonchev–Trinajstić information content (AvgIpc) is 3.02. The third kappa shape index (κ3) is 5.23. The SMILES string of the molecule is COc1cc(/C=C/C(=O)OCc2nc(N)c3c4c(sc3n2)CCCCC4)ccc1OCC#N. The van der Waals surface area contributed by atoms with Crippen LogP contribution in [0.5, 0.6) is 11.5 Å². The molecule has 2 N–H and O–H groups in total. The van der Waals surface area contributed by atoms with Crippen molar-refractivity contribution in [2.24, 2.45) is 0 Å². The Bertz CT molecular complexity index is 1250. The van der Waals surface area contributed by atoms with E-state index in [1.54, 1.807) is 35.6 Å². The third-order valence-electron chi connectivity index (χ3n) is 5.37. The molecule has 0 spiro atoms. The lowest BCUT2D eigenvalue weighted by molar-refractivity contribution is -0.139. The number of hydrogen-bond acceptors (Lipinski definition) is 9. The van der Waals surface area contributed by atoms with Crippen molar-refractivity contribution in [2.45, 2.75) is 38.7 Å². The molecule has 0 fully saturated rings. The largest absolute Gasteiger partial charge is 0.493 e. The molecule has 0 aliphatic heterocycles. The Labute approximate surface area is 195 Å². The summed E-state index contributed by atoms with van der Waals surface area (Å²) < 4.78 is 15.9. The van der Waals surface area contributed by atoms with E-state index < -0.39 is 5.97 Å². The van der Waals surface area contributed by atoms with Crippen LogP contribution in [0, 0.1) is 11.3 Å². The summed E-state index contributed by atoms with van der Waals surface area (Å²) in [5.41, 5.74) is 8.25. The first-order valence-electron chi connectivity index (χ1n) is 10.7. The van der Waals surface area contributed by atoms with Crippen LogP contribution in [0.4, 0.5) is 5.82 Å². The summed E-state index contributed by atoms with van der Waals surface area (Å²) in [6.45, 7) is -0.138. The monoisotopic (exact) mass is 464 g/mol. The van der Waals surface area contributed by atoms with Crippen LogP contribution in [0.2, 0.25) is 0 Å². The summed E-state index contributed by atoms with van der Waals surface area (Å²) in [5, 5.41) is 9.61. The van der Waals surface area contributed by atoms with Crippen molar-refractivity contribution >= 4 is 39.4 Å². The minimum absolute atomic E-state index is 0.0594. The Morgan fingerprint density at radius 3 is 2.91 bits per heavy atom. The minimum Gasteiger partial charge on any atom is -0.493 e. The van der Waals surface area contributed by atoms with Crippen LogP contribution in [0.1, 0.15) is 41.1 Å². The van der Waals surface area contributed by atoms with Gasteiger partial charge in [-0.2, -0.15) is 5.26 Å². The lowest BCUT2D eigenvalue weighted by Crippen LogP contribution is -2.06. The Morgan fingerprint density at radius 2 is 2.09 bits per heavy atom. The molecule has 4 rings (SSSR count). The molecular formula is C24H24N4O4S. The number of nitrogens with zero attached hydrogens (tertiary/aromatic N) is 3. The maximum absolute atomic E-state index is 12.2. The normalized spacial score (nSPS) is 13.3. The first-order valence-corrected chi connectivity index (χ1v) is 11.5. The van der Waals surface area contributed by atoms with E-state index in [0.717, 1.165) is 35.0 Å². The van der Waals surface area contributed by atoms with Gasteiger partial charge < -0.3 is 19.9 Å². The molecular weight excluding hydrogens is 440 g/mol. The first-order chi connectivity index (χ1) is 16.1. The maximum atomic E-state index is 12.2. The lowest BCUT2D eigenvalue weighted by Gasteiger charge is -2.08. The van der Waals surface area contributed by atoms with E-state index in [9.17, 15) is 4.79 Å². The van der Waals surface area contributed by atoms with Crippen molar-refractivity contribution in [3.8, 4) is 17.6 Å². The minimum atomic E-state index is -0.525. The average molecular weight is 465 g/mol. The maximum Gasteiger partial charge on any atom is 0.331 e. The number of aromatic nitrogens is 2. The van der Waals surface area contributed by atoms with Crippen LogP contribution in [0.25, 0.3) is 16.3 Å². The van der Waals surface area contributed by atoms with E-state index in [1.165, 1.54) is 36.5 Å². The molecule has 3 aromatic rings. The van der Waals surface area contributed by atoms with Gasteiger partial charge in [0.15, 0.2) is 30.5 Å². The molecule has 0 saturated heterocycles. The van der Waals surface area contributed by atoms with Gasteiger partial charge in [-0.25, -0.2) is 14.8 Å². The Hall–Kier alpha value is -3.64. The molecule has 2 aromatic heterocycles. The van der Waals surface area contributed by atoms with Crippen molar-refractivity contribution in [2.75, 3.05) is 19.5 Å². The number of nitriles is 1. The fourth-order valence-corrected chi connectivity index (χ4v) is 5.13. The number of thiophene rings is 1. The number of esters is 1. The predicted octanol–water partition coefficient (Wildman–Crippen LogP) is 4.21. The van der Waals surface area contributed by atoms with E-state index in [4.69, 9.17) is 25.2 Å². The summed E-state index contributed by atoms with van der Waals surface area (Å²) in [6.07, 6.45) is 8.57. The highest BCUT2D eigenvalue weighted by Gasteiger charge is 2.19. The molecule has 170 valence electrons. The molecule has 2 heterocycles. The quantitative estimate of drug-likeness (QED) is 0.314. The summed E-state index contributed by atoms with van der Waals surface area (Å²) in [6, 6.07) is 7.03.